The minimum Gasteiger partial charge on any atom is -0.511 e. The van der Waals surface area contributed by atoms with Crippen molar-refractivity contribution in [2.75, 3.05) is 6.54 Å². The largest absolute Gasteiger partial charge is 0.511 e. The van der Waals surface area contributed by atoms with E-state index in [1.54, 1.807) is 0 Å². The lowest BCUT2D eigenvalue weighted by Gasteiger charge is -2.26. The fourth-order valence-electron chi connectivity index (χ4n) is 5.01. The minimum atomic E-state index is -0.0266. The summed E-state index contributed by atoms with van der Waals surface area (Å²) in [5.41, 5.74) is 4.50. The Morgan fingerprint density at radius 2 is 1.49 bits per heavy atom. The molecule has 0 saturated heterocycles. The van der Waals surface area contributed by atoms with Gasteiger partial charge in [0.25, 0.3) is 0 Å². The van der Waals surface area contributed by atoms with Crippen LogP contribution in [0.15, 0.2) is 119 Å². The van der Waals surface area contributed by atoms with Crippen molar-refractivity contribution in [1.29, 1.82) is 0 Å². The van der Waals surface area contributed by atoms with E-state index in [-0.39, 0.29) is 17.5 Å². The van der Waals surface area contributed by atoms with Gasteiger partial charge in [-0.15, -0.1) is 0 Å². The van der Waals surface area contributed by atoms with Crippen molar-refractivity contribution >= 4 is 22.3 Å². The number of hydrogen-bond acceptors (Lipinski definition) is 3. The highest BCUT2D eigenvalue weighted by atomic mass is 16.3. The first-order valence-corrected chi connectivity index (χ1v) is 12.2. The Morgan fingerprint density at radius 1 is 0.800 bits per heavy atom. The topological polar surface area (TPSA) is 49.7 Å². The quantitative estimate of drug-likeness (QED) is 0.249. The van der Waals surface area contributed by atoms with Gasteiger partial charge >= 0.3 is 0 Å². The summed E-state index contributed by atoms with van der Waals surface area (Å²) in [6.45, 7) is 0.583. The number of nitrogens with zero attached hydrogens (tertiary/aromatic N) is 1. The number of ketones is 1. The van der Waals surface area contributed by atoms with Crippen molar-refractivity contribution in [2.45, 2.75) is 31.6 Å². The Balaban J connectivity index is 1.47. The van der Waals surface area contributed by atoms with Crippen LogP contribution in [0, 0.1) is 0 Å². The molecule has 1 fully saturated rings. The van der Waals surface area contributed by atoms with Crippen molar-refractivity contribution in [2.24, 2.45) is 4.99 Å². The molecule has 5 rings (SSSR count). The number of benzene rings is 4. The summed E-state index contributed by atoms with van der Waals surface area (Å²) >= 11 is 0. The van der Waals surface area contributed by atoms with E-state index in [1.807, 2.05) is 60.7 Å². The number of Topliss-reactive ketones (excluding diaryl/α,β-unsaturated/α-hetero) is 1. The van der Waals surface area contributed by atoms with Crippen molar-refractivity contribution in [3.05, 3.63) is 131 Å². The van der Waals surface area contributed by atoms with Crippen LogP contribution in [0.2, 0.25) is 0 Å². The Bertz CT molecular complexity index is 1380. The zero-order chi connectivity index (χ0) is 24.0. The number of carbonyl (C=O) groups is 1. The molecule has 1 N–H and O–H groups in total. The lowest BCUT2D eigenvalue weighted by atomic mass is 9.78. The summed E-state index contributed by atoms with van der Waals surface area (Å²) in [6.07, 6.45) is 2.15. The summed E-state index contributed by atoms with van der Waals surface area (Å²) in [4.78, 5) is 18.3. The third kappa shape index (κ3) is 5.25. The molecule has 35 heavy (non-hydrogen) atoms. The molecule has 0 radical (unpaired) electrons. The summed E-state index contributed by atoms with van der Waals surface area (Å²) in [7, 11) is 0. The molecular weight excluding hydrogens is 430 g/mol. The molecule has 174 valence electrons. The maximum Gasteiger partial charge on any atom is 0.168 e. The molecular formula is C32H29NO2. The number of rotatable bonds is 6. The fourth-order valence-corrected chi connectivity index (χ4v) is 5.01. The van der Waals surface area contributed by atoms with Gasteiger partial charge in [0.15, 0.2) is 5.78 Å². The lowest BCUT2D eigenvalue weighted by molar-refractivity contribution is -0.115. The molecule has 0 spiro atoms. The SMILES string of the molecule is O=C1CC(c2ccccc2)CC(=NCCc2ccccc2)/C1=C(/O)Cc1cccc2ccccc12. The van der Waals surface area contributed by atoms with Gasteiger partial charge in [-0.1, -0.05) is 103 Å². The second-order valence-corrected chi connectivity index (χ2v) is 9.14. The Kier molecular flexibility index (Phi) is 6.85. The molecule has 0 aromatic heterocycles. The molecule has 1 atom stereocenters. The van der Waals surface area contributed by atoms with Crippen molar-refractivity contribution in [3.63, 3.8) is 0 Å². The predicted octanol–water partition coefficient (Wildman–Crippen LogP) is 7.02. The van der Waals surface area contributed by atoms with Crippen molar-refractivity contribution in [3.8, 4) is 0 Å². The van der Waals surface area contributed by atoms with E-state index in [4.69, 9.17) is 4.99 Å². The summed E-state index contributed by atoms with van der Waals surface area (Å²) in [5, 5.41) is 13.5. The van der Waals surface area contributed by atoms with E-state index in [1.165, 1.54) is 5.56 Å². The molecule has 4 aromatic rings. The summed E-state index contributed by atoms with van der Waals surface area (Å²) in [5.74, 6) is 0.172. The third-order valence-corrected chi connectivity index (χ3v) is 6.78. The van der Waals surface area contributed by atoms with Crippen molar-refractivity contribution < 1.29 is 9.90 Å². The second kappa shape index (κ2) is 10.5. The average molecular weight is 460 g/mol. The van der Waals surface area contributed by atoms with E-state index in [9.17, 15) is 9.90 Å². The number of aliphatic hydroxyl groups is 1. The van der Waals surface area contributed by atoms with Gasteiger partial charge < -0.3 is 5.11 Å². The van der Waals surface area contributed by atoms with Gasteiger partial charge in [-0.2, -0.15) is 0 Å². The van der Waals surface area contributed by atoms with Crippen LogP contribution in [0.4, 0.5) is 0 Å². The smallest absolute Gasteiger partial charge is 0.168 e. The molecule has 3 nitrogen and oxygen atoms in total. The highest BCUT2D eigenvalue weighted by Crippen LogP contribution is 2.34. The molecule has 0 amide bonds. The van der Waals surface area contributed by atoms with Gasteiger partial charge in [0.05, 0.1) is 5.57 Å². The third-order valence-electron chi connectivity index (χ3n) is 6.78. The molecule has 4 aromatic carbocycles. The maximum atomic E-state index is 13.4. The zero-order valence-corrected chi connectivity index (χ0v) is 19.7. The molecule has 0 heterocycles. The summed E-state index contributed by atoms with van der Waals surface area (Å²) < 4.78 is 0. The minimum absolute atomic E-state index is 0.0266. The van der Waals surface area contributed by atoms with Gasteiger partial charge in [0, 0.05) is 25.1 Å². The molecule has 1 unspecified atom stereocenters. The monoisotopic (exact) mass is 459 g/mol. The molecule has 0 bridgehead atoms. The van der Waals surface area contributed by atoms with Crippen LogP contribution in [0.25, 0.3) is 10.8 Å². The maximum absolute atomic E-state index is 13.4. The van der Waals surface area contributed by atoms with Crippen LogP contribution < -0.4 is 0 Å². The van der Waals surface area contributed by atoms with Crippen LogP contribution in [-0.4, -0.2) is 23.1 Å². The number of aliphatic hydroxyl groups excluding tert-OH is 1. The molecule has 1 saturated carbocycles. The number of hydrogen-bond donors (Lipinski definition) is 1. The highest BCUT2D eigenvalue weighted by Gasteiger charge is 2.32. The number of aliphatic imine (C=N–C) groups is 1. The van der Waals surface area contributed by atoms with Gasteiger partial charge in [-0.05, 0) is 46.2 Å². The summed E-state index contributed by atoms with van der Waals surface area (Å²) in [6, 6.07) is 34.6. The first kappa shape index (κ1) is 22.8. The zero-order valence-electron chi connectivity index (χ0n) is 19.7. The van der Waals surface area contributed by atoms with Crippen molar-refractivity contribution in [1.82, 2.24) is 0 Å². The van der Waals surface area contributed by atoms with Crippen LogP contribution in [-0.2, 0) is 17.6 Å². The highest BCUT2D eigenvalue weighted by molar-refractivity contribution is 6.24. The van der Waals surface area contributed by atoms with E-state index in [0.29, 0.717) is 31.4 Å². The first-order valence-electron chi connectivity index (χ1n) is 12.2. The Labute approximate surface area is 206 Å². The normalized spacial score (nSPS) is 18.7. The van der Waals surface area contributed by atoms with Crippen LogP contribution in [0.1, 0.15) is 35.4 Å². The van der Waals surface area contributed by atoms with Crippen LogP contribution >= 0.6 is 0 Å². The van der Waals surface area contributed by atoms with Gasteiger partial charge in [0.1, 0.15) is 5.76 Å². The van der Waals surface area contributed by atoms with Crippen LogP contribution in [0.3, 0.4) is 0 Å². The lowest BCUT2D eigenvalue weighted by Crippen LogP contribution is -2.27. The van der Waals surface area contributed by atoms with E-state index < -0.39 is 0 Å². The number of carbonyl (C=O) groups excluding carboxylic acids is 1. The van der Waals surface area contributed by atoms with Gasteiger partial charge in [-0.3, -0.25) is 9.79 Å². The number of allylic oxidation sites excluding steroid dienone is 2. The molecule has 3 heteroatoms. The average Bonchev–Trinajstić information content (AvgIpc) is 2.90. The second-order valence-electron chi connectivity index (χ2n) is 9.14. The van der Waals surface area contributed by atoms with E-state index in [0.717, 1.165) is 34.0 Å². The standard InChI is InChI=1S/C32H29NO2/c34-30(21-26-16-9-15-25-14-7-8-17-28(25)26)32-29(33-19-18-23-10-3-1-4-11-23)20-27(22-31(32)35)24-12-5-2-6-13-24/h1-17,27,34H,18-22H2/b32-30-,33-29?. The van der Waals surface area contributed by atoms with Gasteiger partial charge in [0.2, 0.25) is 0 Å². The fraction of sp³-hybridized carbons (Fsp3) is 0.188. The number of fused-ring (bicyclic) bond motifs is 1. The van der Waals surface area contributed by atoms with E-state index >= 15 is 0 Å². The predicted molar refractivity (Wildman–Crippen MR) is 143 cm³/mol. The Morgan fingerprint density at radius 3 is 2.29 bits per heavy atom. The van der Waals surface area contributed by atoms with E-state index in [2.05, 4.69) is 42.5 Å². The Hall–Kier alpha value is -3.98. The first-order chi connectivity index (χ1) is 17.2. The molecule has 0 aliphatic heterocycles. The molecule has 1 aliphatic carbocycles. The van der Waals surface area contributed by atoms with Gasteiger partial charge in [-0.25, -0.2) is 0 Å². The molecule has 1 aliphatic rings. The van der Waals surface area contributed by atoms with Crippen LogP contribution in [0.5, 0.6) is 0 Å².